The molecule has 148 valence electrons. The van der Waals surface area contributed by atoms with Gasteiger partial charge in [0.1, 0.15) is 5.75 Å². The van der Waals surface area contributed by atoms with E-state index in [2.05, 4.69) is 12.2 Å². The third kappa shape index (κ3) is 2.92. The van der Waals surface area contributed by atoms with Crippen molar-refractivity contribution in [3.63, 3.8) is 0 Å². The fraction of sp³-hybridized carbons (Fsp3) is 0.154. The number of nitrogens with zero attached hydrogens (tertiary/aromatic N) is 1. The molecule has 0 bridgehead atoms. The molecule has 2 amide bonds. The van der Waals surface area contributed by atoms with Gasteiger partial charge in [-0.2, -0.15) is 0 Å². The van der Waals surface area contributed by atoms with Crippen LogP contribution in [0, 0.1) is 11.8 Å². The number of anilines is 1. The second-order valence-corrected chi connectivity index (χ2v) is 7.84. The van der Waals surface area contributed by atoms with E-state index in [1.807, 2.05) is 60.7 Å². The molecule has 4 heteroatoms. The lowest BCUT2D eigenvalue weighted by Gasteiger charge is -2.32. The van der Waals surface area contributed by atoms with Crippen LogP contribution in [0.25, 0.3) is 0 Å². The summed E-state index contributed by atoms with van der Waals surface area (Å²) in [5.74, 6) is -1.72. The Hall–Kier alpha value is -3.66. The number of hydrogen-bond acceptors (Lipinski definition) is 3. The number of carbonyl (C=O) groups is 2. The Balaban J connectivity index is 1.64. The molecular formula is C26H21NO3. The SMILES string of the molecule is O=C1[C@H]2[C@H](C(=O)N1c1cccc(O)c1)[C@@H](c1ccccc1)C=C[C@@H]2c1ccccc1. The molecular weight excluding hydrogens is 374 g/mol. The van der Waals surface area contributed by atoms with E-state index in [1.165, 1.54) is 17.0 Å². The zero-order valence-corrected chi connectivity index (χ0v) is 16.3. The van der Waals surface area contributed by atoms with Gasteiger partial charge in [0, 0.05) is 17.9 Å². The Labute approximate surface area is 175 Å². The number of hydrogen-bond donors (Lipinski definition) is 1. The maximum atomic E-state index is 13.6. The molecule has 2 aliphatic rings. The van der Waals surface area contributed by atoms with Gasteiger partial charge in [-0.15, -0.1) is 0 Å². The summed E-state index contributed by atoms with van der Waals surface area (Å²) in [4.78, 5) is 28.5. The van der Waals surface area contributed by atoms with Crippen molar-refractivity contribution in [1.29, 1.82) is 0 Å². The highest BCUT2D eigenvalue weighted by Gasteiger charge is 2.55. The topological polar surface area (TPSA) is 57.6 Å². The molecule has 0 spiro atoms. The van der Waals surface area contributed by atoms with Gasteiger partial charge in [0.2, 0.25) is 11.8 Å². The largest absolute Gasteiger partial charge is 0.508 e. The summed E-state index contributed by atoms with van der Waals surface area (Å²) in [5, 5.41) is 9.90. The van der Waals surface area contributed by atoms with Crippen molar-refractivity contribution in [2.45, 2.75) is 11.8 Å². The lowest BCUT2D eigenvalue weighted by molar-refractivity contribution is -0.122. The average Bonchev–Trinajstić information content (AvgIpc) is 3.05. The predicted molar refractivity (Wildman–Crippen MR) is 115 cm³/mol. The fourth-order valence-electron chi connectivity index (χ4n) is 4.82. The summed E-state index contributed by atoms with van der Waals surface area (Å²) in [6, 6.07) is 26.1. The van der Waals surface area contributed by atoms with Gasteiger partial charge >= 0.3 is 0 Å². The van der Waals surface area contributed by atoms with E-state index in [1.54, 1.807) is 12.1 Å². The van der Waals surface area contributed by atoms with Gasteiger partial charge < -0.3 is 5.11 Å². The van der Waals surface area contributed by atoms with Crippen molar-refractivity contribution in [1.82, 2.24) is 0 Å². The van der Waals surface area contributed by atoms with Crippen LogP contribution in [0.15, 0.2) is 97.1 Å². The molecule has 4 nitrogen and oxygen atoms in total. The number of rotatable bonds is 3. The van der Waals surface area contributed by atoms with Gasteiger partial charge in [0.25, 0.3) is 0 Å². The minimum Gasteiger partial charge on any atom is -0.508 e. The molecule has 1 aliphatic heterocycles. The number of aromatic hydroxyl groups is 1. The van der Waals surface area contributed by atoms with Crippen molar-refractivity contribution in [2.75, 3.05) is 4.90 Å². The van der Waals surface area contributed by atoms with Gasteiger partial charge in [0.15, 0.2) is 0 Å². The van der Waals surface area contributed by atoms with Crippen LogP contribution in [0.1, 0.15) is 23.0 Å². The summed E-state index contributed by atoms with van der Waals surface area (Å²) in [6.45, 7) is 0. The number of carbonyl (C=O) groups excluding carboxylic acids is 2. The first-order chi connectivity index (χ1) is 14.6. The smallest absolute Gasteiger partial charge is 0.238 e. The molecule has 0 saturated carbocycles. The maximum Gasteiger partial charge on any atom is 0.238 e. The summed E-state index contributed by atoms with van der Waals surface area (Å²) in [5.41, 5.74) is 2.46. The van der Waals surface area contributed by atoms with Crippen LogP contribution >= 0.6 is 0 Å². The van der Waals surface area contributed by atoms with Crippen molar-refractivity contribution in [3.05, 3.63) is 108 Å². The van der Waals surface area contributed by atoms with Crippen molar-refractivity contribution >= 4 is 17.5 Å². The van der Waals surface area contributed by atoms with E-state index in [0.717, 1.165) is 11.1 Å². The van der Waals surface area contributed by atoms with Crippen molar-refractivity contribution in [2.24, 2.45) is 11.8 Å². The third-order valence-corrected chi connectivity index (χ3v) is 6.15. The minimum atomic E-state index is -0.488. The third-order valence-electron chi connectivity index (χ3n) is 6.15. The normalized spacial score (nSPS) is 25.4. The minimum absolute atomic E-state index is 0.0281. The van der Waals surface area contributed by atoms with Crippen LogP contribution in [-0.4, -0.2) is 16.9 Å². The first-order valence-corrected chi connectivity index (χ1v) is 10.1. The number of phenolic OH excluding ortho intramolecular Hbond substituents is 1. The Morgan fingerprint density at radius 1 is 0.633 bits per heavy atom. The molecule has 0 radical (unpaired) electrons. The first-order valence-electron chi connectivity index (χ1n) is 10.1. The molecule has 3 aromatic rings. The Kier molecular flexibility index (Phi) is 4.47. The standard InChI is InChI=1S/C26H21NO3/c28-20-13-7-12-19(16-20)27-25(29)23-21(17-8-3-1-4-9-17)14-15-22(24(23)26(27)30)18-10-5-2-6-11-18/h1-16,21-24,28H/t21-,22-,23-,24-/m1/s1. The molecule has 1 aliphatic carbocycles. The first kappa shape index (κ1) is 18.4. The average molecular weight is 395 g/mol. The van der Waals surface area contributed by atoms with Crippen LogP contribution in [0.4, 0.5) is 5.69 Å². The van der Waals surface area contributed by atoms with Gasteiger partial charge in [-0.3, -0.25) is 9.59 Å². The van der Waals surface area contributed by atoms with Crippen LogP contribution in [0.3, 0.4) is 0 Å². The summed E-state index contributed by atoms with van der Waals surface area (Å²) >= 11 is 0. The number of amides is 2. The zero-order valence-electron chi connectivity index (χ0n) is 16.3. The van der Waals surface area contributed by atoms with Crippen molar-refractivity contribution in [3.8, 4) is 5.75 Å². The highest BCUT2D eigenvalue weighted by molar-refractivity contribution is 6.23. The Morgan fingerprint density at radius 2 is 1.13 bits per heavy atom. The predicted octanol–water partition coefficient (Wildman–Crippen LogP) is 4.64. The number of allylic oxidation sites excluding steroid dienone is 2. The number of imide groups is 1. The van der Waals surface area contributed by atoms with E-state index in [-0.39, 0.29) is 29.4 Å². The maximum absolute atomic E-state index is 13.6. The van der Waals surface area contributed by atoms with E-state index >= 15 is 0 Å². The Bertz CT molecular complexity index is 1060. The summed E-state index contributed by atoms with van der Waals surface area (Å²) in [6.07, 6.45) is 4.15. The molecule has 1 fully saturated rings. The van der Waals surface area contributed by atoms with Crippen LogP contribution in [0.2, 0.25) is 0 Å². The number of phenols is 1. The second-order valence-electron chi connectivity index (χ2n) is 7.84. The number of fused-ring (bicyclic) bond motifs is 1. The molecule has 30 heavy (non-hydrogen) atoms. The van der Waals surface area contributed by atoms with Crippen LogP contribution < -0.4 is 4.90 Å². The Morgan fingerprint density at radius 3 is 1.60 bits per heavy atom. The quantitative estimate of drug-likeness (QED) is 0.519. The van der Waals surface area contributed by atoms with Gasteiger partial charge in [-0.05, 0) is 23.3 Å². The van der Waals surface area contributed by atoms with E-state index in [4.69, 9.17) is 0 Å². The van der Waals surface area contributed by atoms with Crippen LogP contribution in [-0.2, 0) is 9.59 Å². The molecule has 4 atom stereocenters. The van der Waals surface area contributed by atoms with Gasteiger partial charge in [-0.1, -0.05) is 78.9 Å². The molecule has 0 aromatic heterocycles. The zero-order chi connectivity index (χ0) is 20.7. The molecule has 1 saturated heterocycles. The molecule has 1 heterocycles. The molecule has 1 N–H and O–H groups in total. The van der Waals surface area contributed by atoms with E-state index in [9.17, 15) is 14.7 Å². The monoisotopic (exact) mass is 395 g/mol. The van der Waals surface area contributed by atoms with E-state index < -0.39 is 11.8 Å². The van der Waals surface area contributed by atoms with Crippen molar-refractivity contribution < 1.29 is 14.7 Å². The van der Waals surface area contributed by atoms with E-state index in [0.29, 0.717) is 5.69 Å². The van der Waals surface area contributed by atoms with Crippen LogP contribution in [0.5, 0.6) is 5.75 Å². The highest BCUT2D eigenvalue weighted by atomic mass is 16.3. The summed E-state index contributed by atoms with van der Waals surface area (Å²) < 4.78 is 0. The lowest BCUT2D eigenvalue weighted by Crippen LogP contribution is -2.31. The second kappa shape index (κ2) is 7.30. The number of benzene rings is 3. The lowest BCUT2D eigenvalue weighted by atomic mass is 9.68. The molecule has 3 aromatic carbocycles. The fourth-order valence-corrected chi connectivity index (χ4v) is 4.82. The van der Waals surface area contributed by atoms with Gasteiger partial charge in [-0.25, -0.2) is 4.90 Å². The summed E-state index contributed by atoms with van der Waals surface area (Å²) in [7, 11) is 0. The molecule has 0 unspecified atom stereocenters. The van der Waals surface area contributed by atoms with Gasteiger partial charge in [0.05, 0.1) is 17.5 Å². The molecule has 5 rings (SSSR count). The highest BCUT2D eigenvalue weighted by Crippen LogP contribution is 2.50.